The fraction of sp³-hybridized carbons (Fsp3) is 0.400. The number of anilines is 1. The summed E-state index contributed by atoms with van der Waals surface area (Å²) < 4.78 is 24.3. The first kappa shape index (κ1) is 18.9. The van der Waals surface area contributed by atoms with Crippen LogP contribution in [0.1, 0.15) is 38.8 Å². The number of hydrogen-bond acceptors (Lipinski definition) is 5. The fourth-order valence-electron chi connectivity index (χ4n) is 2.70. The Balaban J connectivity index is 1.91. The molecule has 0 bridgehead atoms. The standard InChI is InChI=1S/C20H24FN3O3/c1-12-11-26-18-16(22-12)10-14(9-13-5-7-15(21)8-6-13)17(23-18)27-19(25)24-20(2,3)4/h5-8,10,12,22H,9,11H2,1-4H3,(H,24,25)/t12-/m0/s1. The van der Waals surface area contributed by atoms with Crippen LogP contribution in [0.5, 0.6) is 11.8 Å². The Hall–Kier alpha value is -2.83. The summed E-state index contributed by atoms with van der Waals surface area (Å²) in [6.07, 6.45) is -0.151. The van der Waals surface area contributed by atoms with Gasteiger partial charge in [-0.1, -0.05) is 12.1 Å². The largest absolute Gasteiger partial charge is 0.474 e. The molecular formula is C20H24FN3O3. The van der Waals surface area contributed by atoms with Crippen molar-refractivity contribution < 1.29 is 18.7 Å². The van der Waals surface area contributed by atoms with E-state index < -0.39 is 11.6 Å². The minimum absolute atomic E-state index is 0.147. The number of amides is 1. The van der Waals surface area contributed by atoms with Crippen LogP contribution in [0.3, 0.4) is 0 Å². The minimum Gasteiger partial charge on any atom is -0.474 e. The van der Waals surface area contributed by atoms with Gasteiger partial charge in [0.2, 0.25) is 11.8 Å². The van der Waals surface area contributed by atoms with E-state index in [1.807, 2.05) is 33.8 Å². The summed E-state index contributed by atoms with van der Waals surface area (Å²) in [5.74, 6) is 0.276. The van der Waals surface area contributed by atoms with E-state index >= 15 is 0 Å². The predicted molar refractivity (Wildman–Crippen MR) is 101 cm³/mol. The summed E-state index contributed by atoms with van der Waals surface area (Å²) in [5.41, 5.74) is 1.89. The molecule has 1 atom stereocenters. The van der Waals surface area contributed by atoms with Crippen LogP contribution in [-0.4, -0.2) is 29.3 Å². The molecule has 6 nitrogen and oxygen atoms in total. The SMILES string of the molecule is C[C@H]1COc2nc(OC(=O)NC(C)(C)C)c(Cc3ccc(F)cc3)cc2N1. The minimum atomic E-state index is -0.590. The van der Waals surface area contributed by atoms with Gasteiger partial charge in [-0.05, 0) is 51.5 Å². The fourth-order valence-corrected chi connectivity index (χ4v) is 2.70. The molecule has 1 aromatic carbocycles. The van der Waals surface area contributed by atoms with Crippen molar-refractivity contribution >= 4 is 11.8 Å². The number of benzene rings is 1. The smallest absolute Gasteiger partial charge is 0.414 e. The van der Waals surface area contributed by atoms with Crippen molar-refractivity contribution in [3.63, 3.8) is 0 Å². The number of ether oxygens (including phenoxy) is 2. The lowest BCUT2D eigenvalue weighted by atomic mass is 10.1. The molecule has 0 aliphatic carbocycles. The Labute approximate surface area is 158 Å². The van der Waals surface area contributed by atoms with E-state index in [4.69, 9.17) is 9.47 Å². The highest BCUT2D eigenvalue weighted by molar-refractivity contribution is 5.72. The van der Waals surface area contributed by atoms with Gasteiger partial charge in [0.1, 0.15) is 12.4 Å². The zero-order chi connectivity index (χ0) is 19.6. The molecular weight excluding hydrogens is 349 g/mol. The summed E-state index contributed by atoms with van der Waals surface area (Å²) in [7, 11) is 0. The van der Waals surface area contributed by atoms with Crippen molar-refractivity contribution in [2.24, 2.45) is 0 Å². The molecule has 0 fully saturated rings. The molecule has 27 heavy (non-hydrogen) atoms. The molecule has 2 heterocycles. The highest BCUT2D eigenvalue weighted by atomic mass is 19.1. The Bertz CT molecular complexity index is 832. The lowest BCUT2D eigenvalue weighted by Gasteiger charge is -2.25. The lowest BCUT2D eigenvalue weighted by Crippen LogP contribution is -2.42. The quantitative estimate of drug-likeness (QED) is 0.854. The van der Waals surface area contributed by atoms with E-state index in [0.29, 0.717) is 24.5 Å². The summed E-state index contributed by atoms with van der Waals surface area (Å²) in [5, 5.41) is 6.06. The molecule has 1 aliphatic rings. The number of carbonyl (C=O) groups is 1. The average molecular weight is 373 g/mol. The average Bonchev–Trinajstić information content (AvgIpc) is 2.56. The molecule has 7 heteroatoms. The lowest BCUT2D eigenvalue weighted by molar-refractivity contribution is 0.187. The molecule has 144 valence electrons. The molecule has 2 N–H and O–H groups in total. The number of nitrogens with zero attached hydrogens (tertiary/aromatic N) is 1. The first-order valence-corrected chi connectivity index (χ1v) is 8.87. The second-order valence-electron chi connectivity index (χ2n) is 7.73. The molecule has 2 aromatic rings. The maximum absolute atomic E-state index is 13.2. The number of carbonyl (C=O) groups excluding carboxylic acids is 1. The van der Waals surface area contributed by atoms with Crippen molar-refractivity contribution in [1.29, 1.82) is 0 Å². The van der Waals surface area contributed by atoms with E-state index in [2.05, 4.69) is 15.6 Å². The maximum Gasteiger partial charge on any atom is 0.414 e. The van der Waals surface area contributed by atoms with Crippen LogP contribution in [-0.2, 0) is 6.42 Å². The van der Waals surface area contributed by atoms with E-state index in [9.17, 15) is 9.18 Å². The summed E-state index contributed by atoms with van der Waals surface area (Å²) in [6, 6.07) is 8.20. The third-order valence-electron chi connectivity index (χ3n) is 3.87. The molecule has 0 unspecified atom stereocenters. The van der Waals surface area contributed by atoms with Crippen LogP contribution < -0.4 is 20.1 Å². The topological polar surface area (TPSA) is 72.5 Å². The summed E-state index contributed by atoms with van der Waals surface area (Å²) in [6.45, 7) is 8.07. The molecule has 0 spiro atoms. The summed E-state index contributed by atoms with van der Waals surface area (Å²) >= 11 is 0. The van der Waals surface area contributed by atoms with Gasteiger partial charge in [-0.25, -0.2) is 9.18 Å². The molecule has 1 amide bonds. The normalized spacial score (nSPS) is 16.0. The first-order chi connectivity index (χ1) is 12.7. The van der Waals surface area contributed by atoms with Crippen LogP contribution >= 0.6 is 0 Å². The van der Waals surface area contributed by atoms with Crippen LogP contribution in [0, 0.1) is 5.82 Å². The van der Waals surface area contributed by atoms with E-state index in [-0.39, 0.29) is 17.7 Å². The van der Waals surface area contributed by atoms with Gasteiger partial charge in [0, 0.05) is 17.5 Å². The second-order valence-corrected chi connectivity index (χ2v) is 7.73. The number of hydrogen-bond donors (Lipinski definition) is 2. The van der Waals surface area contributed by atoms with Crippen LogP contribution in [0.4, 0.5) is 14.9 Å². The molecule has 3 rings (SSSR count). The van der Waals surface area contributed by atoms with Gasteiger partial charge < -0.3 is 20.1 Å². The number of nitrogens with one attached hydrogen (secondary N) is 2. The Morgan fingerprint density at radius 1 is 1.37 bits per heavy atom. The summed E-state index contributed by atoms with van der Waals surface area (Å²) in [4.78, 5) is 16.6. The number of fused-ring (bicyclic) bond motifs is 1. The van der Waals surface area contributed by atoms with Gasteiger partial charge in [0.05, 0.1) is 11.7 Å². The van der Waals surface area contributed by atoms with Crippen LogP contribution in [0.25, 0.3) is 0 Å². The van der Waals surface area contributed by atoms with Crippen LogP contribution in [0.15, 0.2) is 30.3 Å². The number of rotatable bonds is 3. The number of aromatic nitrogens is 1. The highest BCUT2D eigenvalue weighted by Crippen LogP contribution is 2.33. The van der Waals surface area contributed by atoms with Gasteiger partial charge in [-0.15, -0.1) is 0 Å². The van der Waals surface area contributed by atoms with E-state index in [1.165, 1.54) is 12.1 Å². The van der Waals surface area contributed by atoms with Crippen molar-refractivity contribution in [1.82, 2.24) is 10.3 Å². The van der Waals surface area contributed by atoms with Crippen molar-refractivity contribution in [2.75, 3.05) is 11.9 Å². The van der Waals surface area contributed by atoms with Gasteiger partial charge in [-0.3, -0.25) is 0 Å². The van der Waals surface area contributed by atoms with Gasteiger partial charge in [0.15, 0.2) is 0 Å². The molecule has 0 saturated heterocycles. The predicted octanol–water partition coefficient (Wildman–Crippen LogP) is 3.89. The Kier molecular flexibility index (Phi) is 5.21. The molecule has 0 radical (unpaired) electrons. The second kappa shape index (κ2) is 7.42. The van der Waals surface area contributed by atoms with E-state index in [1.54, 1.807) is 12.1 Å². The van der Waals surface area contributed by atoms with Crippen LogP contribution in [0.2, 0.25) is 0 Å². The monoisotopic (exact) mass is 373 g/mol. The molecule has 1 aromatic heterocycles. The Morgan fingerprint density at radius 3 is 2.74 bits per heavy atom. The Morgan fingerprint density at radius 2 is 2.07 bits per heavy atom. The van der Waals surface area contributed by atoms with Gasteiger partial charge in [-0.2, -0.15) is 4.98 Å². The molecule has 1 aliphatic heterocycles. The van der Waals surface area contributed by atoms with Crippen molar-refractivity contribution in [3.05, 3.63) is 47.3 Å². The van der Waals surface area contributed by atoms with Gasteiger partial charge in [0.25, 0.3) is 0 Å². The zero-order valence-corrected chi connectivity index (χ0v) is 15.9. The third-order valence-corrected chi connectivity index (χ3v) is 3.87. The highest BCUT2D eigenvalue weighted by Gasteiger charge is 2.23. The number of pyridine rings is 1. The number of halogens is 1. The first-order valence-electron chi connectivity index (χ1n) is 8.87. The maximum atomic E-state index is 13.2. The zero-order valence-electron chi connectivity index (χ0n) is 15.9. The van der Waals surface area contributed by atoms with Crippen molar-refractivity contribution in [2.45, 2.75) is 45.7 Å². The van der Waals surface area contributed by atoms with Crippen molar-refractivity contribution in [3.8, 4) is 11.8 Å². The molecule has 0 saturated carbocycles. The third kappa shape index (κ3) is 5.09. The van der Waals surface area contributed by atoms with E-state index in [0.717, 1.165) is 11.3 Å². The van der Waals surface area contributed by atoms with Gasteiger partial charge >= 0.3 is 6.09 Å².